The molecular weight excluding hydrogens is 290 g/mol. The van der Waals surface area contributed by atoms with Crippen LogP contribution >= 0.6 is 0 Å². The van der Waals surface area contributed by atoms with Crippen LogP contribution in [-0.4, -0.2) is 4.98 Å². The van der Waals surface area contributed by atoms with Crippen LogP contribution in [0, 0.1) is 0 Å². The third-order valence-corrected chi connectivity index (χ3v) is 5.38. The zero-order valence-corrected chi connectivity index (χ0v) is 13.1. The van der Waals surface area contributed by atoms with E-state index in [4.69, 9.17) is 0 Å². The second-order valence-electron chi connectivity index (χ2n) is 6.76. The summed E-state index contributed by atoms with van der Waals surface area (Å²) in [7, 11) is 0. The summed E-state index contributed by atoms with van der Waals surface area (Å²) < 4.78 is 0. The summed E-state index contributed by atoms with van der Waals surface area (Å²) in [6, 6.07) is 26.5. The molecule has 0 amide bonds. The maximum Gasteiger partial charge on any atom is 0.0503 e. The van der Waals surface area contributed by atoms with Gasteiger partial charge in [0.15, 0.2) is 0 Å². The van der Waals surface area contributed by atoms with E-state index in [0.717, 1.165) is 6.42 Å². The topological polar surface area (TPSA) is 15.8 Å². The number of nitrogens with one attached hydrogen (secondary N) is 1. The number of aromatic nitrogens is 1. The van der Waals surface area contributed by atoms with Crippen molar-refractivity contribution in [3.8, 4) is 11.3 Å². The van der Waals surface area contributed by atoms with E-state index in [1.54, 1.807) is 0 Å². The highest BCUT2D eigenvalue weighted by molar-refractivity contribution is 6.04. The van der Waals surface area contributed by atoms with E-state index in [1.165, 1.54) is 54.8 Å². The average Bonchev–Trinajstić information content (AvgIpc) is 3.13. The Labute approximate surface area is 139 Å². The first kappa shape index (κ1) is 12.4. The summed E-state index contributed by atoms with van der Waals surface area (Å²) in [5.74, 6) is 0. The number of hydrogen-bond donors (Lipinski definition) is 1. The van der Waals surface area contributed by atoms with Gasteiger partial charge in [-0.1, -0.05) is 54.6 Å². The maximum atomic E-state index is 3.69. The molecule has 6 rings (SSSR count). The van der Waals surface area contributed by atoms with Gasteiger partial charge < -0.3 is 4.98 Å². The van der Waals surface area contributed by atoms with Gasteiger partial charge in [0.1, 0.15) is 0 Å². The number of benzene rings is 4. The van der Waals surface area contributed by atoms with Crippen LogP contribution in [0.2, 0.25) is 0 Å². The lowest BCUT2D eigenvalue weighted by Gasteiger charge is -2.04. The van der Waals surface area contributed by atoms with Crippen molar-refractivity contribution in [2.75, 3.05) is 0 Å². The van der Waals surface area contributed by atoms with Crippen LogP contribution in [0.3, 0.4) is 0 Å². The highest BCUT2D eigenvalue weighted by Gasteiger charge is 2.23. The van der Waals surface area contributed by atoms with Crippen molar-refractivity contribution in [3.63, 3.8) is 0 Å². The van der Waals surface area contributed by atoms with Gasteiger partial charge in [-0.25, -0.2) is 0 Å². The molecule has 0 aliphatic heterocycles. The van der Waals surface area contributed by atoms with Crippen molar-refractivity contribution in [1.29, 1.82) is 0 Å². The molecule has 0 unspecified atom stereocenters. The van der Waals surface area contributed by atoms with Crippen LogP contribution in [-0.2, 0) is 6.42 Å². The van der Waals surface area contributed by atoms with Crippen LogP contribution in [0.5, 0.6) is 0 Å². The van der Waals surface area contributed by atoms with E-state index in [1.807, 2.05) is 0 Å². The van der Waals surface area contributed by atoms with Gasteiger partial charge in [-0.3, -0.25) is 0 Å². The molecule has 24 heavy (non-hydrogen) atoms. The quantitative estimate of drug-likeness (QED) is 0.352. The number of fused-ring (bicyclic) bond motifs is 7. The molecule has 0 radical (unpaired) electrons. The van der Waals surface area contributed by atoms with E-state index in [-0.39, 0.29) is 0 Å². The Hall–Kier alpha value is -3.06. The molecule has 4 aromatic carbocycles. The Morgan fingerprint density at radius 3 is 2.04 bits per heavy atom. The predicted octanol–water partition coefficient (Wildman–Crippen LogP) is 6.05. The minimum absolute atomic E-state index is 1.02. The molecule has 1 heterocycles. The minimum Gasteiger partial charge on any atom is -0.354 e. The molecule has 1 aliphatic rings. The SMILES string of the molecule is c1ccc2cc3c(cc2c1)Cc1c-3[nH]c2cc3ccccc3cc12. The molecule has 0 atom stereocenters. The van der Waals surface area contributed by atoms with Crippen molar-refractivity contribution in [3.05, 3.63) is 83.9 Å². The highest BCUT2D eigenvalue weighted by atomic mass is 14.7. The summed E-state index contributed by atoms with van der Waals surface area (Å²) in [5, 5.41) is 6.62. The van der Waals surface area contributed by atoms with Gasteiger partial charge in [-0.15, -0.1) is 0 Å². The molecular formula is C23H15N. The van der Waals surface area contributed by atoms with E-state index >= 15 is 0 Å². The Bertz CT molecular complexity index is 1270. The van der Waals surface area contributed by atoms with E-state index in [2.05, 4.69) is 77.8 Å². The Morgan fingerprint density at radius 2 is 1.29 bits per heavy atom. The van der Waals surface area contributed by atoms with E-state index < -0.39 is 0 Å². The molecule has 5 aromatic rings. The molecule has 0 spiro atoms. The molecule has 1 aromatic heterocycles. The Morgan fingerprint density at radius 1 is 0.667 bits per heavy atom. The average molecular weight is 305 g/mol. The number of aromatic amines is 1. The Balaban J connectivity index is 1.68. The first-order chi connectivity index (χ1) is 11.9. The Kier molecular flexibility index (Phi) is 2.20. The van der Waals surface area contributed by atoms with Crippen LogP contribution in [0.1, 0.15) is 11.1 Å². The fraction of sp³-hybridized carbons (Fsp3) is 0.0435. The number of hydrogen-bond acceptors (Lipinski definition) is 0. The lowest BCUT2D eigenvalue weighted by molar-refractivity contribution is 1.30. The fourth-order valence-corrected chi connectivity index (χ4v) is 4.21. The van der Waals surface area contributed by atoms with Gasteiger partial charge in [-0.2, -0.15) is 0 Å². The van der Waals surface area contributed by atoms with Crippen molar-refractivity contribution in [2.24, 2.45) is 0 Å². The number of rotatable bonds is 0. The third-order valence-electron chi connectivity index (χ3n) is 5.38. The first-order valence-electron chi connectivity index (χ1n) is 8.42. The zero-order valence-electron chi connectivity index (χ0n) is 13.1. The molecule has 0 fully saturated rings. The molecule has 0 saturated heterocycles. The molecule has 1 nitrogen and oxygen atoms in total. The summed E-state index contributed by atoms with van der Waals surface area (Å²) in [6.45, 7) is 0. The standard InChI is InChI=1S/C23H15N/c1-2-6-15-10-19-18(9-14(15)5-1)12-21-20-11-16-7-3-4-8-17(16)13-22(20)24-23(19)21/h1-11,13,24H,12H2. The van der Waals surface area contributed by atoms with Gasteiger partial charge in [0.25, 0.3) is 0 Å². The van der Waals surface area contributed by atoms with Gasteiger partial charge in [0, 0.05) is 22.9 Å². The normalized spacial score (nSPS) is 12.8. The number of H-pyrrole nitrogens is 1. The molecule has 1 aliphatic carbocycles. The second-order valence-corrected chi connectivity index (χ2v) is 6.76. The van der Waals surface area contributed by atoms with Crippen molar-refractivity contribution in [2.45, 2.75) is 6.42 Å². The minimum atomic E-state index is 1.02. The molecule has 0 bridgehead atoms. The smallest absolute Gasteiger partial charge is 0.0503 e. The first-order valence-corrected chi connectivity index (χ1v) is 8.42. The fourth-order valence-electron chi connectivity index (χ4n) is 4.21. The predicted molar refractivity (Wildman–Crippen MR) is 102 cm³/mol. The van der Waals surface area contributed by atoms with Crippen molar-refractivity contribution < 1.29 is 0 Å². The van der Waals surface area contributed by atoms with Gasteiger partial charge in [0.05, 0.1) is 5.69 Å². The monoisotopic (exact) mass is 305 g/mol. The van der Waals surface area contributed by atoms with E-state index in [9.17, 15) is 0 Å². The van der Waals surface area contributed by atoms with Crippen LogP contribution in [0.15, 0.2) is 72.8 Å². The van der Waals surface area contributed by atoms with Gasteiger partial charge in [-0.05, 0) is 50.9 Å². The second kappa shape index (κ2) is 4.27. The maximum absolute atomic E-state index is 3.69. The van der Waals surface area contributed by atoms with Crippen LogP contribution < -0.4 is 0 Å². The van der Waals surface area contributed by atoms with Crippen LogP contribution in [0.25, 0.3) is 43.7 Å². The lowest BCUT2D eigenvalue weighted by Crippen LogP contribution is -1.84. The van der Waals surface area contributed by atoms with Crippen molar-refractivity contribution in [1.82, 2.24) is 4.98 Å². The van der Waals surface area contributed by atoms with E-state index in [0.29, 0.717) is 0 Å². The molecule has 1 N–H and O–H groups in total. The molecule has 0 saturated carbocycles. The summed E-state index contributed by atoms with van der Waals surface area (Å²) >= 11 is 0. The third kappa shape index (κ3) is 1.54. The highest BCUT2D eigenvalue weighted by Crippen LogP contribution is 2.42. The van der Waals surface area contributed by atoms with Crippen molar-refractivity contribution >= 4 is 32.4 Å². The lowest BCUT2D eigenvalue weighted by atomic mass is 10.0. The zero-order chi connectivity index (χ0) is 15.7. The largest absolute Gasteiger partial charge is 0.354 e. The van der Waals surface area contributed by atoms with Gasteiger partial charge >= 0.3 is 0 Å². The summed E-state index contributed by atoms with van der Waals surface area (Å²) in [5.41, 5.74) is 6.80. The van der Waals surface area contributed by atoms with Gasteiger partial charge in [0.2, 0.25) is 0 Å². The van der Waals surface area contributed by atoms with Crippen LogP contribution in [0.4, 0.5) is 0 Å². The molecule has 112 valence electrons. The molecule has 1 heteroatoms. The summed E-state index contributed by atoms with van der Waals surface area (Å²) in [6.07, 6.45) is 1.02. The summed E-state index contributed by atoms with van der Waals surface area (Å²) in [4.78, 5) is 3.69.